The number of benzene rings is 4. The maximum absolute atomic E-state index is 14.5. The first kappa shape index (κ1) is 33.5. The molecule has 0 heterocycles. The molecule has 1 unspecified atom stereocenters. The van der Waals surface area contributed by atoms with Crippen LogP contribution in [0.25, 0.3) is 0 Å². The molecule has 0 saturated carbocycles. The number of nitrogens with zero attached hydrogens (tertiary/aromatic N) is 2. The molecule has 45 heavy (non-hydrogen) atoms. The molecule has 0 bridgehead atoms. The van der Waals surface area contributed by atoms with Crippen molar-refractivity contribution in [1.82, 2.24) is 10.2 Å². The zero-order chi connectivity index (χ0) is 32.6. The SMILES string of the molecule is Cc1ccc(N(CC(=O)N(Cc2cccc(C)c2)C(Cc2ccccc2)C(=O)NCC(C)C)S(=O)(=O)c2ccc(C)cc2)cc1. The summed E-state index contributed by atoms with van der Waals surface area (Å²) in [4.78, 5) is 30.0. The Kier molecular flexibility index (Phi) is 11.2. The number of carbonyl (C=O) groups excluding carboxylic acids is 2. The van der Waals surface area contributed by atoms with Crippen LogP contribution in [0.15, 0.2) is 108 Å². The maximum Gasteiger partial charge on any atom is 0.264 e. The van der Waals surface area contributed by atoms with Crippen molar-refractivity contribution in [2.75, 3.05) is 17.4 Å². The average Bonchev–Trinajstić information content (AvgIpc) is 3.01. The van der Waals surface area contributed by atoms with E-state index in [4.69, 9.17) is 0 Å². The van der Waals surface area contributed by atoms with Gasteiger partial charge in [0.2, 0.25) is 11.8 Å². The third-order valence-corrected chi connectivity index (χ3v) is 9.39. The molecule has 2 amide bonds. The fraction of sp³-hybridized carbons (Fsp3) is 0.297. The maximum atomic E-state index is 14.5. The Hall–Kier alpha value is -4.43. The van der Waals surface area contributed by atoms with Crippen LogP contribution in [0.5, 0.6) is 0 Å². The molecule has 0 aliphatic rings. The number of rotatable bonds is 13. The minimum Gasteiger partial charge on any atom is -0.354 e. The van der Waals surface area contributed by atoms with Crippen molar-refractivity contribution in [3.63, 3.8) is 0 Å². The highest BCUT2D eigenvalue weighted by Crippen LogP contribution is 2.26. The molecule has 4 aromatic carbocycles. The van der Waals surface area contributed by atoms with Crippen molar-refractivity contribution in [3.8, 4) is 0 Å². The number of sulfonamides is 1. The van der Waals surface area contributed by atoms with Crippen molar-refractivity contribution in [3.05, 3.63) is 131 Å². The lowest BCUT2D eigenvalue weighted by Gasteiger charge is -2.34. The second-order valence-corrected chi connectivity index (χ2v) is 13.9. The third kappa shape index (κ3) is 9.05. The van der Waals surface area contributed by atoms with Crippen molar-refractivity contribution < 1.29 is 18.0 Å². The molecule has 4 aromatic rings. The summed E-state index contributed by atoms with van der Waals surface area (Å²) in [6.07, 6.45) is 0.275. The normalized spacial score (nSPS) is 12.0. The number of hydrogen-bond acceptors (Lipinski definition) is 4. The van der Waals surface area contributed by atoms with Crippen LogP contribution < -0.4 is 9.62 Å². The highest BCUT2D eigenvalue weighted by Gasteiger charge is 2.34. The molecule has 236 valence electrons. The Labute approximate surface area is 268 Å². The molecule has 0 radical (unpaired) electrons. The van der Waals surface area contributed by atoms with Crippen LogP contribution in [0.4, 0.5) is 5.69 Å². The lowest BCUT2D eigenvalue weighted by molar-refractivity contribution is -0.140. The second kappa shape index (κ2) is 15.0. The van der Waals surface area contributed by atoms with Crippen molar-refractivity contribution in [1.29, 1.82) is 0 Å². The predicted octanol–water partition coefficient (Wildman–Crippen LogP) is 6.22. The summed E-state index contributed by atoms with van der Waals surface area (Å²) in [6.45, 7) is 9.91. The summed E-state index contributed by atoms with van der Waals surface area (Å²) in [7, 11) is -4.13. The number of anilines is 1. The zero-order valence-electron chi connectivity index (χ0n) is 26.7. The molecule has 0 saturated heterocycles. The van der Waals surface area contributed by atoms with E-state index in [1.165, 1.54) is 4.90 Å². The van der Waals surface area contributed by atoms with Gasteiger partial charge in [-0.2, -0.15) is 0 Å². The highest BCUT2D eigenvalue weighted by atomic mass is 32.2. The molecule has 1 atom stereocenters. The predicted molar refractivity (Wildman–Crippen MR) is 180 cm³/mol. The third-order valence-electron chi connectivity index (χ3n) is 7.60. The van der Waals surface area contributed by atoms with Gasteiger partial charge in [-0.15, -0.1) is 0 Å². The lowest BCUT2D eigenvalue weighted by atomic mass is 10.0. The molecular weight excluding hydrogens is 582 g/mol. The topological polar surface area (TPSA) is 86.8 Å². The molecule has 0 aliphatic carbocycles. The van der Waals surface area contributed by atoms with Crippen molar-refractivity contribution in [2.24, 2.45) is 5.92 Å². The minimum atomic E-state index is -4.13. The van der Waals surface area contributed by atoms with Gasteiger partial charge in [0.15, 0.2) is 0 Å². The van der Waals surface area contributed by atoms with Gasteiger partial charge in [0.05, 0.1) is 10.6 Å². The molecule has 0 fully saturated rings. The summed E-state index contributed by atoms with van der Waals surface area (Å²) in [5, 5.41) is 3.02. The number of nitrogens with one attached hydrogen (secondary N) is 1. The number of amides is 2. The van der Waals surface area contributed by atoms with E-state index in [-0.39, 0.29) is 29.7 Å². The second-order valence-electron chi connectivity index (χ2n) is 12.0. The van der Waals surface area contributed by atoms with Gasteiger partial charge in [0.1, 0.15) is 12.6 Å². The van der Waals surface area contributed by atoms with Gasteiger partial charge >= 0.3 is 0 Å². The number of aryl methyl sites for hydroxylation is 3. The molecule has 0 aliphatic heterocycles. The van der Waals surface area contributed by atoms with Gasteiger partial charge in [0, 0.05) is 19.5 Å². The Morgan fingerprint density at radius 1 is 0.733 bits per heavy atom. The van der Waals surface area contributed by atoms with E-state index in [9.17, 15) is 18.0 Å². The van der Waals surface area contributed by atoms with Crippen LogP contribution in [0.1, 0.15) is 41.7 Å². The summed E-state index contributed by atoms with van der Waals surface area (Å²) in [6, 6.07) is 30.1. The first-order chi connectivity index (χ1) is 21.4. The Balaban J connectivity index is 1.79. The average molecular weight is 626 g/mol. The van der Waals surface area contributed by atoms with E-state index >= 15 is 0 Å². The smallest absolute Gasteiger partial charge is 0.264 e. The van der Waals surface area contributed by atoms with Gasteiger partial charge in [0.25, 0.3) is 10.0 Å². The summed E-state index contributed by atoms with van der Waals surface area (Å²) in [5.41, 5.74) is 5.02. The molecule has 8 heteroatoms. The molecule has 0 aromatic heterocycles. The first-order valence-electron chi connectivity index (χ1n) is 15.3. The summed E-state index contributed by atoms with van der Waals surface area (Å²) >= 11 is 0. The van der Waals surface area contributed by atoms with Crippen molar-refractivity contribution >= 4 is 27.5 Å². The fourth-order valence-electron chi connectivity index (χ4n) is 5.06. The van der Waals surface area contributed by atoms with Crippen molar-refractivity contribution in [2.45, 2.75) is 58.5 Å². The van der Waals surface area contributed by atoms with E-state index in [0.29, 0.717) is 12.2 Å². The van der Waals surface area contributed by atoms with Crippen LogP contribution in [0, 0.1) is 26.7 Å². The van der Waals surface area contributed by atoms with E-state index in [1.807, 2.05) is 101 Å². The quantitative estimate of drug-likeness (QED) is 0.191. The first-order valence-corrected chi connectivity index (χ1v) is 16.7. The van der Waals surface area contributed by atoms with Crippen LogP contribution in [-0.2, 0) is 32.6 Å². The van der Waals surface area contributed by atoms with Crippen LogP contribution in [0.2, 0.25) is 0 Å². The van der Waals surface area contributed by atoms with Gasteiger partial charge in [-0.1, -0.05) is 109 Å². The number of hydrogen-bond donors (Lipinski definition) is 1. The van der Waals surface area contributed by atoms with Crippen LogP contribution in [0.3, 0.4) is 0 Å². The van der Waals surface area contributed by atoms with E-state index in [2.05, 4.69) is 5.32 Å². The molecule has 1 N–H and O–H groups in total. The van der Waals surface area contributed by atoms with E-state index in [1.54, 1.807) is 36.4 Å². The van der Waals surface area contributed by atoms with Gasteiger partial charge in [-0.25, -0.2) is 8.42 Å². The molecule has 7 nitrogen and oxygen atoms in total. The minimum absolute atomic E-state index is 0.0854. The number of carbonyl (C=O) groups is 2. The zero-order valence-corrected chi connectivity index (χ0v) is 27.6. The Morgan fingerprint density at radius 2 is 1.33 bits per heavy atom. The standard InChI is InChI=1S/C37H43N3O4S/c1-27(2)24-38-37(42)35(23-31-11-7-6-8-12-31)39(25-32-13-9-10-30(5)22-32)36(41)26-40(33-18-14-28(3)15-19-33)45(43,44)34-20-16-29(4)17-21-34/h6-22,27,35H,23-26H2,1-5H3,(H,38,42). The van der Waals surface area contributed by atoms with E-state index < -0.39 is 28.5 Å². The van der Waals surface area contributed by atoms with E-state index in [0.717, 1.165) is 32.1 Å². The highest BCUT2D eigenvalue weighted by molar-refractivity contribution is 7.92. The lowest BCUT2D eigenvalue weighted by Crippen LogP contribution is -2.53. The van der Waals surface area contributed by atoms with Gasteiger partial charge in [-0.05, 0) is 62.1 Å². The molecule has 4 rings (SSSR count). The largest absolute Gasteiger partial charge is 0.354 e. The Morgan fingerprint density at radius 3 is 1.93 bits per heavy atom. The summed E-state index contributed by atoms with van der Waals surface area (Å²) in [5.74, 6) is -0.547. The summed E-state index contributed by atoms with van der Waals surface area (Å²) < 4.78 is 29.4. The molecular formula is C37H43N3O4S. The Bertz CT molecular complexity index is 1690. The van der Waals surface area contributed by atoms with Gasteiger partial charge < -0.3 is 10.2 Å². The van der Waals surface area contributed by atoms with Crippen LogP contribution >= 0.6 is 0 Å². The monoisotopic (exact) mass is 625 g/mol. The molecule has 0 spiro atoms. The fourth-order valence-corrected chi connectivity index (χ4v) is 6.48. The van der Waals surface area contributed by atoms with Crippen LogP contribution in [-0.4, -0.2) is 44.3 Å². The van der Waals surface area contributed by atoms with Gasteiger partial charge in [-0.3, -0.25) is 13.9 Å².